The second-order valence-electron chi connectivity index (χ2n) is 6.27. The van der Waals surface area contributed by atoms with Gasteiger partial charge in [-0.2, -0.15) is 4.52 Å². The first-order valence-electron chi connectivity index (χ1n) is 8.01. The molecule has 1 amide bonds. The standard InChI is InChI=1S/C15H23N7O/c1-3-6-15(2,16)14(23)21-9-7-20(8-10-21)13-5-4-12-18-17-11-22(12)19-13/h4-5,11H,3,6-10,16H2,1-2H3. The van der Waals surface area contributed by atoms with Crippen LogP contribution in [0.3, 0.4) is 0 Å². The molecule has 0 radical (unpaired) electrons. The van der Waals surface area contributed by atoms with Gasteiger partial charge in [0.05, 0.1) is 5.54 Å². The molecule has 1 unspecified atom stereocenters. The third-order valence-corrected chi connectivity index (χ3v) is 4.30. The van der Waals surface area contributed by atoms with Gasteiger partial charge in [-0.1, -0.05) is 13.3 Å². The molecule has 2 aromatic heterocycles. The number of amides is 1. The second-order valence-corrected chi connectivity index (χ2v) is 6.27. The van der Waals surface area contributed by atoms with Crippen LogP contribution in [-0.4, -0.2) is 62.3 Å². The van der Waals surface area contributed by atoms with Crippen molar-refractivity contribution in [3.8, 4) is 0 Å². The summed E-state index contributed by atoms with van der Waals surface area (Å²) in [6.45, 7) is 6.69. The number of piperazine rings is 1. The zero-order valence-electron chi connectivity index (χ0n) is 13.6. The lowest BCUT2D eigenvalue weighted by atomic mass is 9.95. The maximum absolute atomic E-state index is 12.5. The zero-order valence-corrected chi connectivity index (χ0v) is 13.6. The monoisotopic (exact) mass is 317 g/mol. The van der Waals surface area contributed by atoms with Crippen LogP contribution in [0.5, 0.6) is 0 Å². The number of carbonyl (C=O) groups is 1. The minimum absolute atomic E-state index is 0.0428. The summed E-state index contributed by atoms with van der Waals surface area (Å²) < 4.78 is 1.66. The summed E-state index contributed by atoms with van der Waals surface area (Å²) in [4.78, 5) is 16.6. The Hall–Kier alpha value is -2.22. The fourth-order valence-electron chi connectivity index (χ4n) is 3.01. The Morgan fingerprint density at radius 2 is 2.04 bits per heavy atom. The highest BCUT2D eigenvalue weighted by Crippen LogP contribution is 2.17. The molecule has 23 heavy (non-hydrogen) atoms. The number of fused-ring (bicyclic) bond motifs is 1. The number of nitrogens with two attached hydrogens (primary N) is 1. The minimum atomic E-state index is -0.767. The van der Waals surface area contributed by atoms with E-state index in [1.54, 1.807) is 10.8 Å². The van der Waals surface area contributed by atoms with Crippen LogP contribution in [0.1, 0.15) is 26.7 Å². The molecule has 2 N–H and O–H groups in total. The van der Waals surface area contributed by atoms with E-state index >= 15 is 0 Å². The summed E-state index contributed by atoms with van der Waals surface area (Å²) in [7, 11) is 0. The first kappa shape index (κ1) is 15.7. The van der Waals surface area contributed by atoms with E-state index in [1.807, 2.05) is 30.9 Å². The van der Waals surface area contributed by atoms with Crippen molar-refractivity contribution < 1.29 is 4.79 Å². The van der Waals surface area contributed by atoms with Gasteiger partial charge in [-0.05, 0) is 25.5 Å². The molecule has 1 fully saturated rings. The van der Waals surface area contributed by atoms with Crippen molar-refractivity contribution in [1.82, 2.24) is 24.7 Å². The van der Waals surface area contributed by atoms with E-state index in [2.05, 4.69) is 20.2 Å². The lowest BCUT2D eigenvalue weighted by Gasteiger charge is -2.38. The van der Waals surface area contributed by atoms with Gasteiger partial charge in [-0.15, -0.1) is 15.3 Å². The van der Waals surface area contributed by atoms with Crippen LogP contribution in [0.4, 0.5) is 5.82 Å². The molecular formula is C15H23N7O. The number of carbonyl (C=O) groups excluding carboxylic acids is 1. The van der Waals surface area contributed by atoms with Gasteiger partial charge in [-0.3, -0.25) is 4.79 Å². The molecular weight excluding hydrogens is 294 g/mol. The fraction of sp³-hybridized carbons (Fsp3) is 0.600. The molecule has 2 aromatic rings. The van der Waals surface area contributed by atoms with Crippen molar-refractivity contribution in [2.24, 2.45) is 5.73 Å². The van der Waals surface area contributed by atoms with Gasteiger partial charge in [0.2, 0.25) is 5.91 Å². The molecule has 1 aliphatic heterocycles. The smallest absolute Gasteiger partial charge is 0.242 e. The minimum Gasteiger partial charge on any atom is -0.352 e. The maximum Gasteiger partial charge on any atom is 0.242 e. The highest BCUT2D eigenvalue weighted by Gasteiger charge is 2.33. The van der Waals surface area contributed by atoms with Gasteiger partial charge in [0, 0.05) is 26.2 Å². The van der Waals surface area contributed by atoms with Crippen molar-refractivity contribution in [1.29, 1.82) is 0 Å². The molecule has 0 aliphatic carbocycles. The Labute approximate surface area is 135 Å². The van der Waals surface area contributed by atoms with Crippen LogP contribution in [-0.2, 0) is 4.79 Å². The van der Waals surface area contributed by atoms with Crippen LogP contribution in [0.25, 0.3) is 5.65 Å². The predicted molar refractivity (Wildman–Crippen MR) is 87.1 cm³/mol. The topological polar surface area (TPSA) is 92.7 Å². The molecule has 8 nitrogen and oxygen atoms in total. The van der Waals surface area contributed by atoms with Gasteiger partial charge in [0.1, 0.15) is 12.1 Å². The summed E-state index contributed by atoms with van der Waals surface area (Å²) in [5.74, 6) is 0.912. The molecule has 124 valence electrons. The third kappa shape index (κ3) is 3.12. The molecule has 1 atom stereocenters. The molecule has 0 aromatic carbocycles. The summed E-state index contributed by atoms with van der Waals surface area (Å²) in [6, 6.07) is 3.83. The zero-order chi connectivity index (χ0) is 16.4. The Morgan fingerprint density at radius 3 is 2.74 bits per heavy atom. The van der Waals surface area contributed by atoms with Crippen molar-refractivity contribution in [2.45, 2.75) is 32.2 Å². The van der Waals surface area contributed by atoms with Gasteiger partial charge in [0.25, 0.3) is 0 Å². The Bertz CT molecular complexity index is 688. The van der Waals surface area contributed by atoms with Crippen LogP contribution >= 0.6 is 0 Å². The number of aromatic nitrogens is 4. The first-order valence-corrected chi connectivity index (χ1v) is 8.01. The molecule has 3 rings (SSSR count). The first-order chi connectivity index (χ1) is 11.0. The largest absolute Gasteiger partial charge is 0.352 e. The van der Waals surface area contributed by atoms with E-state index in [-0.39, 0.29) is 5.91 Å². The molecule has 1 saturated heterocycles. The number of hydrogen-bond donors (Lipinski definition) is 1. The summed E-state index contributed by atoms with van der Waals surface area (Å²) in [5.41, 5.74) is 6.12. The maximum atomic E-state index is 12.5. The highest BCUT2D eigenvalue weighted by molar-refractivity contribution is 5.85. The van der Waals surface area contributed by atoms with E-state index in [9.17, 15) is 4.79 Å². The molecule has 0 bridgehead atoms. The van der Waals surface area contributed by atoms with E-state index in [1.165, 1.54) is 0 Å². The van der Waals surface area contributed by atoms with Crippen LogP contribution < -0.4 is 10.6 Å². The molecule has 0 saturated carbocycles. The molecule has 0 spiro atoms. The van der Waals surface area contributed by atoms with Gasteiger partial charge < -0.3 is 15.5 Å². The summed E-state index contributed by atoms with van der Waals surface area (Å²) in [6.07, 6.45) is 3.20. The average molecular weight is 317 g/mol. The van der Waals surface area contributed by atoms with Gasteiger partial charge >= 0.3 is 0 Å². The Kier molecular flexibility index (Phi) is 4.16. The van der Waals surface area contributed by atoms with Crippen molar-refractivity contribution in [3.63, 3.8) is 0 Å². The van der Waals surface area contributed by atoms with Crippen LogP contribution in [0, 0.1) is 0 Å². The lowest BCUT2D eigenvalue weighted by Crippen LogP contribution is -2.58. The van der Waals surface area contributed by atoms with Gasteiger partial charge in [-0.25, -0.2) is 0 Å². The molecule has 8 heteroatoms. The Balaban J connectivity index is 1.65. The summed E-state index contributed by atoms with van der Waals surface area (Å²) >= 11 is 0. The van der Waals surface area contributed by atoms with E-state index in [0.29, 0.717) is 19.5 Å². The molecule has 3 heterocycles. The summed E-state index contributed by atoms with van der Waals surface area (Å²) in [5, 5.41) is 12.3. The quantitative estimate of drug-likeness (QED) is 0.871. The lowest BCUT2D eigenvalue weighted by molar-refractivity contribution is -0.137. The normalized spacial score (nSPS) is 18.2. The van der Waals surface area contributed by atoms with Gasteiger partial charge in [0.15, 0.2) is 5.65 Å². The number of nitrogens with zero attached hydrogens (tertiary/aromatic N) is 6. The highest BCUT2D eigenvalue weighted by atomic mass is 16.2. The second kappa shape index (κ2) is 6.11. The van der Waals surface area contributed by atoms with Crippen molar-refractivity contribution >= 4 is 17.4 Å². The van der Waals surface area contributed by atoms with E-state index in [4.69, 9.17) is 5.73 Å². The molecule has 1 aliphatic rings. The Morgan fingerprint density at radius 1 is 1.30 bits per heavy atom. The van der Waals surface area contributed by atoms with Crippen molar-refractivity contribution in [2.75, 3.05) is 31.1 Å². The van der Waals surface area contributed by atoms with E-state index < -0.39 is 5.54 Å². The average Bonchev–Trinajstić information content (AvgIpc) is 3.02. The van der Waals surface area contributed by atoms with Crippen LogP contribution in [0.15, 0.2) is 18.5 Å². The SMILES string of the molecule is CCCC(C)(N)C(=O)N1CCN(c2ccc3nncn3n2)CC1. The van der Waals surface area contributed by atoms with E-state index in [0.717, 1.165) is 31.0 Å². The third-order valence-electron chi connectivity index (χ3n) is 4.30. The number of hydrogen-bond acceptors (Lipinski definition) is 6. The van der Waals surface area contributed by atoms with Crippen LogP contribution in [0.2, 0.25) is 0 Å². The number of anilines is 1. The van der Waals surface area contributed by atoms with Crippen molar-refractivity contribution in [3.05, 3.63) is 18.5 Å². The predicted octanol–water partition coefficient (Wildman–Crippen LogP) is 0.290. The fourth-order valence-corrected chi connectivity index (χ4v) is 3.01. The number of rotatable bonds is 4.